The Morgan fingerprint density at radius 2 is 1.63 bits per heavy atom. The highest BCUT2D eigenvalue weighted by Crippen LogP contribution is 2.23. The Morgan fingerprint density at radius 1 is 1.00 bits per heavy atom. The maximum absolute atomic E-state index is 11.0. The quantitative estimate of drug-likeness (QED) is 0.546. The summed E-state index contributed by atoms with van der Waals surface area (Å²) in [5.74, 6) is -1.33. The number of esters is 3. The van der Waals surface area contributed by atoms with E-state index in [2.05, 4.69) is 0 Å². The molecule has 0 amide bonds. The first-order valence-corrected chi connectivity index (χ1v) is 6.00. The minimum atomic E-state index is -0.795. The normalized spacial score (nSPS) is 26.4. The van der Waals surface area contributed by atoms with Crippen molar-refractivity contribution in [2.75, 3.05) is 6.61 Å². The SMILES string of the molecule is CC(=O)OC[C@@H]1C[C@H](OC(C)=O)C[C@H](OC(C)=O)O1. The standard InChI is InChI=1S/C12H18O7/c1-7(13)16-6-11-4-10(17-8(2)14)5-12(19-11)18-9(3)15/h10-12H,4-6H2,1-3H3/t10-,11-,12+/m0/s1. The van der Waals surface area contributed by atoms with Crippen LogP contribution in [-0.4, -0.2) is 43.0 Å². The minimum absolute atomic E-state index is 0.0326. The number of rotatable bonds is 4. The Hall–Kier alpha value is -1.63. The second kappa shape index (κ2) is 7.08. The van der Waals surface area contributed by atoms with Crippen LogP contribution < -0.4 is 0 Å². The van der Waals surface area contributed by atoms with Crippen LogP contribution in [0.4, 0.5) is 0 Å². The van der Waals surface area contributed by atoms with Crippen LogP contribution in [-0.2, 0) is 33.3 Å². The van der Waals surface area contributed by atoms with Crippen molar-refractivity contribution in [1.82, 2.24) is 0 Å². The lowest BCUT2D eigenvalue weighted by molar-refractivity contribution is -0.226. The molecule has 7 nitrogen and oxygen atoms in total. The molecule has 0 spiro atoms. The van der Waals surface area contributed by atoms with Gasteiger partial charge in [0.1, 0.15) is 12.7 Å². The second-order valence-electron chi connectivity index (χ2n) is 4.30. The lowest BCUT2D eigenvalue weighted by Gasteiger charge is -2.33. The Kier molecular flexibility index (Phi) is 5.75. The average Bonchev–Trinajstić information content (AvgIpc) is 2.24. The van der Waals surface area contributed by atoms with Gasteiger partial charge < -0.3 is 18.9 Å². The highest BCUT2D eigenvalue weighted by atomic mass is 16.7. The molecule has 0 N–H and O–H groups in total. The third kappa shape index (κ3) is 6.19. The van der Waals surface area contributed by atoms with E-state index in [0.29, 0.717) is 6.42 Å². The Labute approximate surface area is 111 Å². The second-order valence-corrected chi connectivity index (χ2v) is 4.30. The summed E-state index contributed by atoms with van der Waals surface area (Å²) in [5.41, 5.74) is 0. The fourth-order valence-electron chi connectivity index (χ4n) is 1.84. The Morgan fingerprint density at radius 3 is 2.16 bits per heavy atom. The molecule has 0 aromatic carbocycles. The van der Waals surface area contributed by atoms with E-state index in [1.165, 1.54) is 20.8 Å². The third-order valence-corrected chi connectivity index (χ3v) is 2.43. The van der Waals surface area contributed by atoms with Gasteiger partial charge in [0, 0.05) is 33.6 Å². The van der Waals surface area contributed by atoms with E-state index in [9.17, 15) is 14.4 Å². The summed E-state index contributed by atoms with van der Waals surface area (Å²) in [6.07, 6.45) is -1.01. The average molecular weight is 274 g/mol. The Balaban J connectivity index is 2.57. The maximum Gasteiger partial charge on any atom is 0.304 e. The molecule has 0 aliphatic carbocycles. The van der Waals surface area contributed by atoms with Crippen molar-refractivity contribution in [3.05, 3.63) is 0 Å². The van der Waals surface area contributed by atoms with Gasteiger partial charge in [-0.25, -0.2) is 0 Å². The molecule has 0 aromatic heterocycles. The predicted octanol–water partition coefficient (Wildman–Crippen LogP) is 0.549. The molecule has 0 aromatic rings. The van der Waals surface area contributed by atoms with Crippen LogP contribution in [0.2, 0.25) is 0 Å². The molecule has 1 heterocycles. The third-order valence-electron chi connectivity index (χ3n) is 2.43. The van der Waals surface area contributed by atoms with E-state index >= 15 is 0 Å². The van der Waals surface area contributed by atoms with Crippen LogP contribution in [0, 0.1) is 0 Å². The largest absolute Gasteiger partial charge is 0.463 e. The van der Waals surface area contributed by atoms with Gasteiger partial charge in [-0.3, -0.25) is 14.4 Å². The molecule has 0 bridgehead atoms. The van der Waals surface area contributed by atoms with Gasteiger partial charge >= 0.3 is 17.9 Å². The van der Waals surface area contributed by atoms with Gasteiger partial charge in [-0.1, -0.05) is 0 Å². The molecule has 1 aliphatic rings. The molecule has 1 saturated heterocycles. The highest BCUT2D eigenvalue weighted by molar-refractivity contribution is 5.67. The van der Waals surface area contributed by atoms with Crippen molar-refractivity contribution >= 4 is 17.9 Å². The summed E-state index contributed by atoms with van der Waals surface area (Å²) in [7, 11) is 0. The van der Waals surface area contributed by atoms with Crippen LogP contribution in [0.3, 0.4) is 0 Å². The van der Waals surface area contributed by atoms with Crippen LogP contribution in [0.15, 0.2) is 0 Å². The van der Waals surface area contributed by atoms with Gasteiger partial charge in [-0.2, -0.15) is 0 Å². The van der Waals surface area contributed by atoms with Crippen molar-refractivity contribution in [1.29, 1.82) is 0 Å². The molecular formula is C12H18O7. The van der Waals surface area contributed by atoms with Gasteiger partial charge in [-0.15, -0.1) is 0 Å². The number of hydrogen-bond acceptors (Lipinski definition) is 7. The first-order chi connectivity index (χ1) is 8.86. The van der Waals surface area contributed by atoms with E-state index < -0.39 is 36.4 Å². The van der Waals surface area contributed by atoms with E-state index in [1.807, 2.05) is 0 Å². The smallest absolute Gasteiger partial charge is 0.304 e. The summed E-state index contributed by atoms with van der Waals surface area (Å²) in [6, 6.07) is 0. The molecule has 108 valence electrons. The van der Waals surface area contributed by atoms with Crippen LogP contribution >= 0.6 is 0 Å². The number of carbonyl (C=O) groups excluding carboxylic acids is 3. The van der Waals surface area contributed by atoms with Crippen molar-refractivity contribution < 1.29 is 33.3 Å². The molecule has 7 heteroatoms. The van der Waals surface area contributed by atoms with E-state index in [4.69, 9.17) is 18.9 Å². The number of hydrogen-bond donors (Lipinski definition) is 0. The first kappa shape index (κ1) is 15.4. The van der Waals surface area contributed by atoms with E-state index in [0.717, 1.165) is 0 Å². The zero-order valence-corrected chi connectivity index (χ0v) is 11.2. The molecule has 1 aliphatic heterocycles. The summed E-state index contributed by atoms with van der Waals surface area (Å²) < 4.78 is 20.3. The monoisotopic (exact) mass is 274 g/mol. The van der Waals surface area contributed by atoms with E-state index in [1.54, 1.807) is 0 Å². The lowest BCUT2D eigenvalue weighted by atomic mass is 10.1. The number of ether oxygens (including phenoxy) is 4. The van der Waals surface area contributed by atoms with Crippen LogP contribution in [0.5, 0.6) is 0 Å². The molecule has 0 saturated carbocycles. The topological polar surface area (TPSA) is 88.1 Å². The first-order valence-electron chi connectivity index (χ1n) is 6.00. The number of carbonyl (C=O) groups is 3. The van der Waals surface area contributed by atoms with Crippen LogP contribution in [0.25, 0.3) is 0 Å². The lowest BCUT2D eigenvalue weighted by Crippen LogP contribution is -2.41. The van der Waals surface area contributed by atoms with Crippen LogP contribution in [0.1, 0.15) is 33.6 Å². The summed E-state index contributed by atoms with van der Waals surface area (Å²) in [4.78, 5) is 32.6. The molecule has 0 unspecified atom stereocenters. The molecule has 1 rings (SSSR count). The zero-order valence-electron chi connectivity index (χ0n) is 11.2. The minimum Gasteiger partial charge on any atom is -0.463 e. The van der Waals surface area contributed by atoms with E-state index in [-0.39, 0.29) is 13.0 Å². The van der Waals surface area contributed by atoms with Gasteiger partial charge in [0.25, 0.3) is 0 Å². The van der Waals surface area contributed by atoms with Gasteiger partial charge in [-0.05, 0) is 0 Å². The van der Waals surface area contributed by atoms with Gasteiger partial charge in [0.2, 0.25) is 6.29 Å². The molecule has 3 atom stereocenters. The van der Waals surface area contributed by atoms with Crippen molar-refractivity contribution in [3.63, 3.8) is 0 Å². The summed E-state index contributed by atoms with van der Waals surface area (Å²) in [5, 5.41) is 0. The summed E-state index contributed by atoms with van der Waals surface area (Å²) >= 11 is 0. The zero-order chi connectivity index (χ0) is 14.4. The fraction of sp³-hybridized carbons (Fsp3) is 0.750. The Bertz CT molecular complexity index is 328. The molecular weight excluding hydrogens is 256 g/mol. The maximum atomic E-state index is 11.0. The van der Waals surface area contributed by atoms with Crippen molar-refractivity contribution in [3.8, 4) is 0 Å². The van der Waals surface area contributed by atoms with Crippen molar-refractivity contribution in [2.45, 2.75) is 52.1 Å². The molecule has 1 fully saturated rings. The molecule has 19 heavy (non-hydrogen) atoms. The predicted molar refractivity (Wildman–Crippen MR) is 61.8 cm³/mol. The van der Waals surface area contributed by atoms with Crippen molar-refractivity contribution in [2.24, 2.45) is 0 Å². The fourth-order valence-corrected chi connectivity index (χ4v) is 1.84. The van der Waals surface area contributed by atoms with Gasteiger partial charge in [0.15, 0.2) is 0 Å². The molecule has 0 radical (unpaired) electrons. The van der Waals surface area contributed by atoms with Gasteiger partial charge in [0.05, 0.1) is 6.10 Å². The summed E-state index contributed by atoms with van der Waals surface area (Å²) in [6.45, 7) is 3.89. The highest BCUT2D eigenvalue weighted by Gasteiger charge is 2.33.